The molecule has 0 bridgehead atoms. The van der Waals surface area contributed by atoms with Crippen molar-refractivity contribution in [3.8, 4) is 5.75 Å². The molecule has 3 nitrogen and oxygen atoms in total. The van der Waals surface area contributed by atoms with Crippen LogP contribution in [-0.4, -0.2) is 17.7 Å². The van der Waals surface area contributed by atoms with Gasteiger partial charge in [-0.2, -0.15) is 0 Å². The quantitative estimate of drug-likeness (QED) is 0.807. The van der Waals surface area contributed by atoms with E-state index in [1.54, 1.807) is 18.2 Å². The average molecular weight is 335 g/mol. The summed E-state index contributed by atoms with van der Waals surface area (Å²) in [6.07, 6.45) is 1.76. The number of carboxylic acid groups (broad SMARTS) is 1. The van der Waals surface area contributed by atoms with Crippen LogP contribution >= 0.6 is 15.9 Å². The fourth-order valence-corrected chi connectivity index (χ4v) is 2.26. The number of aromatic carboxylic acids is 1. The molecular weight excluding hydrogens is 320 g/mol. The van der Waals surface area contributed by atoms with Crippen molar-refractivity contribution in [1.29, 1.82) is 0 Å². The minimum atomic E-state index is -0.982. The van der Waals surface area contributed by atoms with E-state index in [2.05, 4.69) is 28.1 Å². The minimum Gasteiger partial charge on any atom is -0.493 e. The highest BCUT2D eigenvalue weighted by atomic mass is 79.9. The van der Waals surface area contributed by atoms with Gasteiger partial charge in [0.15, 0.2) is 0 Å². The molecule has 104 valence electrons. The van der Waals surface area contributed by atoms with Gasteiger partial charge in [-0.1, -0.05) is 46.3 Å². The normalized spacial score (nSPS) is 10.2. The van der Waals surface area contributed by atoms with Crippen LogP contribution in [0.5, 0.6) is 5.75 Å². The molecule has 0 unspecified atom stereocenters. The SMILES string of the molecule is O=C(O)c1cc(Br)ccc1OCCCc1ccccc1. The Hall–Kier alpha value is -1.81. The molecule has 0 aliphatic heterocycles. The van der Waals surface area contributed by atoms with E-state index < -0.39 is 5.97 Å². The number of hydrogen-bond acceptors (Lipinski definition) is 2. The van der Waals surface area contributed by atoms with Crippen LogP contribution in [0, 0.1) is 0 Å². The van der Waals surface area contributed by atoms with Gasteiger partial charge in [-0.15, -0.1) is 0 Å². The molecular formula is C16H15BrO3. The van der Waals surface area contributed by atoms with Gasteiger partial charge in [-0.25, -0.2) is 4.79 Å². The molecule has 0 saturated carbocycles. The number of carboxylic acids is 1. The van der Waals surface area contributed by atoms with Gasteiger partial charge in [0.2, 0.25) is 0 Å². The van der Waals surface area contributed by atoms with Gasteiger partial charge < -0.3 is 9.84 Å². The molecule has 0 atom stereocenters. The minimum absolute atomic E-state index is 0.180. The van der Waals surface area contributed by atoms with Crippen molar-refractivity contribution < 1.29 is 14.6 Å². The van der Waals surface area contributed by atoms with Gasteiger partial charge in [0.05, 0.1) is 6.61 Å². The smallest absolute Gasteiger partial charge is 0.339 e. The number of carbonyl (C=O) groups is 1. The molecule has 1 N–H and O–H groups in total. The maximum absolute atomic E-state index is 11.1. The molecule has 2 rings (SSSR count). The largest absolute Gasteiger partial charge is 0.493 e. The maximum Gasteiger partial charge on any atom is 0.339 e. The van der Waals surface area contributed by atoms with E-state index in [1.807, 2.05) is 18.2 Å². The number of ether oxygens (including phenoxy) is 1. The molecule has 0 fully saturated rings. The van der Waals surface area contributed by atoms with E-state index in [9.17, 15) is 4.79 Å². The predicted molar refractivity (Wildman–Crippen MR) is 81.4 cm³/mol. The van der Waals surface area contributed by atoms with Gasteiger partial charge in [-0.3, -0.25) is 0 Å². The van der Waals surface area contributed by atoms with Gasteiger partial charge in [0.25, 0.3) is 0 Å². The van der Waals surface area contributed by atoms with Crippen molar-refractivity contribution in [3.05, 3.63) is 64.1 Å². The Balaban J connectivity index is 1.90. The first kappa shape index (κ1) is 14.6. The Morgan fingerprint density at radius 1 is 1.15 bits per heavy atom. The van der Waals surface area contributed by atoms with E-state index in [-0.39, 0.29) is 5.56 Å². The molecule has 0 aliphatic carbocycles. The standard InChI is InChI=1S/C16H15BrO3/c17-13-8-9-15(14(11-13)16(18)19)20-10-4-7-12-5-2-1-3-6-12/h1-3,5-6,8-9,11H,4,7,10H2,(H,18,19). The lowest BCUT2D eigenvalue weighted by atomic mass is 10.1. The lowest BCUT2D eigenvalue weighted by molar-refractivity contribution is 0.0692. The number of aryl methyl sites for hydroxylation is 1. The van der Waals surface area contributed by atoms with Crippen LogP contribution in [0.15, 0.2) is 53.0 Å². The van der Waals surface area contributed by atoms with Crippen molar-refractivity contribution in [1.82, 2.24) is 0 Å². The van der Waals surface area contributed by atoms with Crippen molar-refractivity contribution in [2.45, 2.75) is 12.8 Å². The second kappa shape index (κ2) is 7.10. The third-order valence-corrected chi connectivity index (χ3v) is 3.38. The van der Waals surface area contributed by atoms with Gasteiger partial charge in [0.1, 0.15) is 11.3 Å². The molecule has 4 heteroatoms. The van der Waals surface area contributed by atoms with Crippen LogP contribution in [0.3, 0.4) is 0 Å². The van der Waals surface area contributed by atoms with Crippen molar-refractivity contribution >= 4 is 21.9 Å². The van der Waals surface area contributed by atoms with Crippen LogP contribution in [-0.2, 0) is 6.42 Å². The van der Waals surface area contributed by atoms with Gasteiger partial charge in [-0.05, 0) is 36.6 Å². The summed E-state index contributed by atoms with van der Waals surface area (Å²) in [5.74, 6) is -0.571. The summed E-state index contributed by atoms with van der Waals surface area (Å²) in [6.45, 7) is 0.497. The van der Waals surface area contributed by atoms with Crippen molar-refractivity contribution in [3.63, 3.8) is 0 Å². The predicted octanol–water partition coefficient (Wildman–Crippen LogP) is 4.16. The average Bonchev–Trinajstić information content (AvgIpc) is 2.45. The highest BCUT2D eigenvalue weighted by Gasteiger charge is 2.11. The number of benzene rings is 2. The Bertz CT molecular complexity index is 582. The topological polar surface area (TPSA) is 46.5 Å². The molecule has 0 spiro atoms. The molecule has 2 aromatic rings. The van der Waals surface area contributed by atoms with Crippen LogP contribution < -0.4 is 4.74 Å². The highest BCUT2D eigenvalue weighted by Crippen LogP contribution is 2.23. The number of hydrogen-bond donors (Lipinski definition) is 1. The second-order valence-corrected chi connectivity index (χ2v) is 5.30. The molecule has 0 heterocycles. The first-order valence-corrected chi connectivity index (χ1v) is 7.15. The van der Waals surface area contributed by atoms with Crippen molar-refractivity contribution in [2.75, 3.05) is 6.61 Å². The zero-order valence-electron chi connectivity index (χ0n) is 10.9. The highest BCUT2D eigenvalue weighted by molar-refractivity contribution is 9.10. The van der Waals surface area contributed by atoms with Gasteiger partial charge >= 0.3 is 5.97 Å². The molecule has 0 amide bonds. The number of halogens is 1. The Labute approximate surface area is 126 Å². The summed E-state index contributed by atoms with van der Waals surface area (Å²) in [5.41, 5.74) is 1.43. The molecule has 0 radical (unpaired) electrons. The summed E-state index contributed by atoms with van der Waals surface area (Å²) in [5, 5.41) is 9.12. The Morgan fingerprint density at radius 2 is 1.90 bits per heavy atom. The lowest BCUT2D eigenvalue weighted by Gasteiger charge is -2.09. The Morgan fingerprint density at radius 3 is 2.60 bits per heavy atom. The van der Waals surface area contributed by atoms with Gasteiger partial charge in [0, 0.05) is 4.47 Å². The summed E-state index contributed by atoms with van der Waals surface area (Å²) >= 11 is 3.26. The fraction of sp³-hybridized carbons (Fsp3) is 0.188. The summed E-state index contributed by atoms with van der Waals surface area (Å²) in [4.78, 5) is 11.1. The first-order chi connectivity index (χ1) is 9.66. The summed E-state index contributed by atoms with van der Waals surface area (Å²) in [6, 6.07) is 15.1. The van der Waals surface area contributed by atoms with E-state index >= 15 is 0 Å². The van der Waals surface area contributed by atoms with Crippen molar-refractivity contribution in [2.24, 2.45) is 0 Å². The van der Waals surface area contributed by atoms with Crippen LogP contribution in [0.1, 0.15) is 22.3 Å². The van der Waals surface area contributed by atoms with Crippen LogP contribution in [0.2, 0.25) is 0 Å². The second-order valence-electron chi connectivity index (χ2n) is 4.38. The van der Waals surface area contributed by atoms with E-state index in [1.165, 1.54) is 5.56 Å². The molecule has 20 heavy (non-hydrogen) atoms. The zero-order chi connectivity index (χ0) is 14.4. The third-order valence-electron chi connectivity index (χ3n) is 2.88. The monoisotopic (exact) mass is 334 g/mol. The van der Waals surface area contributed by atoms with E-state index in [4.69, 9.17) is 9.84 Å². The first-order valence-electron chi connectivity index (χ1n) is 6.36. The molecule has 0 aromatic heterocycles. The maximum atomic E-state index is 11.1. The van der Waals surface area contributed by atoms with E-state index in [0.29, 0.717) is 12.4 Å². The van der Waals surface area contributed by atoms with Crippen LogP contribution in [0.25, 0.3) is 0 Å². The fourth-order valence-electron chi connectivity index (χ4n) is 1.90. The van der Waals surface area contributed by atoms with E-state index in [0.717, 1.165) is 17.3 Å². The summed E-state index contributed by atoms with van der Waals surface area (Å²) in [7, 11) is 0. The molecule has 0 aliphatic rings. The molecule has 0 saturated heterocycles. The third kappa shape index (κ3) is 4.10. The summed E-state index contributed by atoms with van der Waals surface area (Å²) < 4.78 is 6.30. The lowest BCUT2D eigenvalue weighted by Crippen LogP contribution is -2.05. The number of rotatable bonds is 6. The zero-order valence-corrected chi connectivity index (χ0v) is 12.5. The molecule has 2 aromatic carbocycles. The van der Waals surface area contributed by atoms with Crippen LogP contribution in [0.4, 0.5) is 0 Å². The Kier molecular flexibility index (Phi) is 5.18.